The molecule has 0 N–H and O–H groups in total. The van der Waals surface area contributed by atoms with Gasteiger partial charge < -0.3 is 4.90 Å². The number of anilines is 1. The SMILES string of the molecule is Fc1ccc(-c2ccc(CC3CCN(c4ncncc4-c4ccc(F)cc4)CC3)cc2)cc1. The fraction of sp³-hybridized carbons (Fsp3) is 0.214. The van der Waals surface area contributed by atoms with Gasteiger partial charge in [0, 0.05) is 24.8 Å². The third kappa shape index (κ3) is 4.92. The number of benzene rings is 3. The second-order valence-electron chi connectivity index (χ2n) is 8.61. The summed E-state index contributed by atoms with van der Waals surface area (Å²) in [7, 11) is 0. The maximum atomic E-state index is 13.3. The summed E-state index contributed by atoms with van der Waals surface area (Å²) in [6.45, 7) is 1.87. The van der Waals surface area contributed by atoms with Crippen LogP contribution in [-0.4, -0.2) is 23.1 Å². The number of rotatable bonds is 5. The average molecular weight is 442 g/mol. The number of hydrogen-bond donors (Lipinski definition) is 0. The molecule has 0 amide bonds. The van der Waals surface area contributed by atoms with Crippen LogP contribution in [0.5, 0.6) is 0 Å². The quantitative estimate of drug-likeness (QED) is 0.352. The van der Waals surface area contributed by atoms with Crippen LogP contribution in [0.2, 0.25) is 0 Å². The van der Waals surface area contributed by atoms with Crippen LogP contribution in [0, 0.1) is 17.6 Å². The molecule has 1 aromatic heterocycles. The van der Waals surface area contributed by atoms with E-state index in [9.17, 15) is 8.78 Å². The first kappa shape index (κ1) is 21.3. The third-order valence-electron chi connectivity index (χ3n) is 6.42. The molecule has 3 nitrogen and oxygen atoms in total. The van der Waals surface area contributed by atoms with Crippen molar-refractivity contribution in [3.8, 4) is 22.3 Å². The van der Waals surface area contributed by atoms with Crippen molar-refractivity contribution in [3.63, 3.8) is 0 Å². The molecule has 4 aromatic rings. The fourth-order valence-electron chi connectivity index (χ4n) is 4.57. The van der Waals surface area contributed by atoms with Crippen LogP contribution in [0.1, 0.15) is 18.4 Å². The largest absolute Gasteiger partial charge is 0.356 e. The zero-order chi connectivity index (χ0) is 22.6. The molecule has 0 radical (unpaired) electrons. The molecule has 0 aliphatic carbocycles. The van der Waals surface area contributed by atoms with Crippen molar-refractivity contribution in [3.05, 3.63) is 103 Å². The molecule has 1 aliphatic heterocycles. The van der Waals surface area contributed by atoms with Crippen molar-refractivity contribution in [2.24, 2.45) is 5.92 Å². The first-order chi connectivity index (χ1) is 16.2. The summed E-state index contributed by atoms with van der Waals surface area (Å²) in [5.41, 5.74) is 5.32. The van der Waals surface area contributed by atoms with Crippen molar-refractivity contribution in [2.75, 3.05) is 18.0 Å². The van der Waals surface area contributed by atoms with Crippen molar-refractivity contribution in [1.29, 1.82) is 0 Å². The Kier molecular flexibility index (Phi) is 6.11. The zero-order valence-electron chi connectivity index (χ0n) is 18.3. The Morgan fingerprint density at radius 1 is 0.727 bits per heavy atom. The highest BCUT2D eigenvalue weighted by Gasteiger charge is 2.22. The summed E-state index contributed by atoms with van der Waals surface area (Å²) in [5.74, 6) is 1.07. The summed E-state index contributed by atoms with van der Waals surface area (Å²) in [6, 6.07) is 21.7. The third-order valence-corrected chi connectivity index (χ3v) is 6.42. The molecule has 2 heterocycles. The Bertz CT molecular complexity index is 1200. The standard InChI is InChI=1S/C28H25F2N3/c29-25-9-5-23(6-10-25)22-3-1-20(2-4-22)17-21-13-15-33(16-14-21)28-27(18-31-19-32-28)24-7-11-26(30)12-8-24/h1-12,18-19,21H,13-17H2. The Hall–Kier alpha value is -3.60. The van der Waals surface area contributed by atoms with Gasteiger partial charge in [0.05, 0.1) is 0 Å². The highest BCUT2D eigenvalue weighted by Crippen LogP contribution is 2.32. The van der Waals surface area contributed by atoms with E-state index in [1.807, 2.05) is 18.3 Å². The summed E-state index contributed by atoms with van der Waals surface area (Å²) >= 11 is 0. The van der Waals surface area contributed by atoms with Gasteiger partial charge in [0.25, 0.3) is 0 Å². The van der Waals surface area contributed by atoms with Gasteiger partial charge in [0.15, 0.2) is 0 Å². The molecule has 3 aromatic carbocycles. The lowest BCUT2D eigenvalue weighted by Crippen LogP contribution is -2.35. The van der Waals surface area contributed by atoms with E-state index in [4.69, 9.17) is 0 Å². The van der Waals surface area contributed by atoms with E-state index < -0.39 is 0 Å². The van der Waals surface area contributed by atoms with Crippen LogP contribution in [0.25, 0.3) is 22.3 Å². The Balaban J connectivity index is 1.22. The Morgan fingerprint density at radius 3 is 1.88 bits per heavy atom. The van der Waals surface area contributed by atoms with Crippen molar-refractivity contribution in [2.45, 2.75) is 19.3 Å². The van der Waals surface area contributed by atoms with E-state index in [2.05, 4.69) is 39.1 Å². The normalized spacial score (nSPS) is 14.4. The minimum Gasteiger partial charge on any atom is -0.356 e. The molecule has 166 valence electrons. The topological polar surface area (TPSA) is 29.0 Å². The lowest BCUT2D eigenvalue weighted by atomic mass is 9.89. The van der Waals surface area contributed by atoms with Gasteiger partial charge in [-0.2, -0.15) is 0 Å². The molecular weight excluding hydrogens is 416 g/mol. The summed E-state index contributed by atoms with van der Waals surface area (Å²) in [5, 5.41) is 0. The van der Waals surface area contributed by atoms with Gasteiger partial charge in [-0.3, -0.25) is 0 Å². The summed E-state index contributed by atoms with van der Waals surface area (Å²) < 4.78 is 26.5. The van der Waals surface area contributed by atoms with Gasteiger partial charge in [-0.25, -0.2) is 18.7 Å². The Morgan fingerprint density at radius 2 is 1.27 bits per heavy atom. The van der Waals surface area contributed by atoms with E-state index in [-0.39, 0.29) is 11.6 Å². The molecule has 0 spiro atoms. The lowest BCUT2D eigenvalue weighted by Gasteiger charge is -2.33. The molecule has 5 rings (SSSR count). The number of piperidine rings is 1. The molecule has 33 heavy (non-hydrogen) atoms. The summed E-state index contributed by atoms with van der Waals surface area (Å²) in [6.07, 6.45) is 6.62. The van der Waals surface area contributed by atoms with Crippen molar-refractivity contribution >= 4 is 5.82 Å². The van der Waals surface area contributed by atoms with Crippen LogP contribution in [-0.2, 0) is 6.42 Å². The van der Waals surface area contributed by atoms with Crippen LogP contribution in [0.3, 0.4) is 0 Å². The van der Waals surface area contributed by atoms with Gasteiger partial charge in [-0.1, -0.05) is 48.5 Å². The molecular formula is C28H25F2N3. The maximum absolute atomic E-state index is 13.3. The molecule has 1 fully saturated rings. The second kappa shape index (κ2) is 9.49. The van der Waals surface area contributed by atoms with Crippen molar-refractivity contribution < 1.29 is 8.78 Å². The van der Waals surface area contributed by atoms with Gasteiger partial charge >= 0.3 is 0 Å². The fourth-order valence-corrected chi connectivity index (χ4v) is 4.57. The number of halogens is 2. The van der Waals surface area contributed by atoms with E-state index >= 15 is 0 Å². The van der Waals surface area contributed by atoms with E-state index in [0.717, 1.165) is 60.4 Å². The number of hydrogen-bond acceptors (Lipinski definition) is 3. The van der Waals surface area contributed by atoms with Gasteiger partial charge in [-0.15, -0.1) is 0 Å². The molecule has 1 saturated heterocycles. The van der Waals surface area contributed by atoms with Crippen LogP contribution in [0.4, 0.5) is 14.6 Å². The number of aromatic nitrogens is 2. The predicted octanol–water partition coefficient (Wildman–Crippen LogP) is 6.55. The van der Waals surface area contributed by atoms with Gasteiger partial charge in [0.1, 0.15) is 23.8 Å². The minimum atomic E-state index is -0.247. The van der Waals surface area contributed by atoms with E-state index in [0.29, 0.717) is 5.92 Å². The zero-order valence-corrected chi connectivity index (χ0v) is 18.3. The lowest BCUT2D eigenvalue weighted by molar-refractivity contribution is 0.402. The van der Waals surface area contributed by atoms with E-state index in [1.165, 1.54) is 29.8 Å². The van der Waals surface area contributed by atoms with E-state index in [1.54, 1.807) is 18.5 Å². The average Bonchev–Trinajstić information content (AvgIpc) is 2.86. The number of nitrogens with zero attached hydrogens (tertiary/aromatic N) is 3. The maximum Gasteiger partial charge on any atom is 0.139 e. The highest BCUT2D eigenvalue weighted by atomic mass is 19.1. The second-order valence-corrected chi connectivity index (χ2v) is 8.61. The molecule has 5 heteroatoms. The molecule has 0 atom stereocenters. The monoisotopic (exact) mass is 441 g/mol. The van der Waals surface area contributed by atoms with Crippen molar-refractivity contribution in [1.82, 2.24) is 9.97 Å². The Labute approximate surface area is 192 Å². The van der Waals surface area contributed by atoms with Crippen LogP contribution in [0.15, 0.2) is 85.3 Å². The van der Waals surface area contributed by atoms with Gasteiger partial charge in [0.2, 0.25) is 0 Å². The first-order valence-corrected chi connectivity index (χ1v) is 11.3. The smallest absolute Gasteiger partial charge is 0.139 e. The van der Waals surface area contributed by atoms with Crippen LogP contribution < -0.4 is 4.90 Å². The highest BCUT2D eigenvalue weighted by molar-refractivity contribution is 5.75. The van der Waals surface area contributed by atoms with Gasteiger partial charge in [-0.05, 0) is 71.7 Å². The first-order valence-electron chi connectivity index (χ1n) is 11.3. The molecule has 0 unspecified atom stereocenters. The molecule has 0 bridgehead atoms. The molecule has 1 aliphatic rings. The van der Waals surface area contributed by atoms with Crippen LogP contribution >= 0.6 is 0 Å². The molecule has 0 saturated carbocycles. The summed E-state index contributed by atoms with van der Waals surface area (Å²) in [4.78, 5) is 11.1. The minimum absolute atomic E-state index is 0.214. The predicted molar refractivity (Wildman–Crippen MR) is 128 cm³/mol.